The molecule has 4 rings (SSSR count). The number of rotatable bonds is 6. The summed E-state index contributed by atoms with van der Waals surface area (Å²) in [7, 11) is 4.00. The number of nitrogens with one attached hydrogen (secondary N) is 1. The molecule has 1 aliphatic rings. The van der Waals surface area contributed by atoms with Crippen LogP contribution in [-0.2, 0) is 7.05 Å². The highest BCUT2D eigenvalue weighted by Gasteiger charge is 2.24. The largest absolute Gasteiger partial charge is 0.369 e. The molecule has 6 nitrogen and oxygen atoms in total. The van der Waals surface area contributed by atoms with Crippen molar-refractivity contribution in [1.82, 2.24) is 20.0 Å². The SMILES string of the molecule is CC[C@@H]1CN(c2ccc(C)c(C(=O)N[C@H](C)c3cc(F)cc(-c4cnn(C)c4)c3)c2)CCN1C. The van der Waals surface area contributed by atoms with Gasteiger partial charge in [0.1, 0.15) is 5.82 Å². The number of aromatic nitrogens is 2. The minimum Gasteiger partial charge on any atom is -0.369 e. The summed E-state index contributed by atoms with van der Waals surface area (Å²) in [6, 6.07) is 11.1. The van der Waals surface area contributed by atoms with Crippen molar-refractivity contribution in [2.45, 2.75) is 39.3 Å². The number of benzene rings is 2. The lowest BCUT2D eigenvalue weighted by atomic mass is 10.0. The van der Waals surface area contributed by atoms with Crippen LogP contribution >= 0.6 is 0 Å². The Morgan fingerprint density at radius 2 is 1.97 bits per heavy atom. The maximum atomic E-state index is 14.4. The third-order valence-electron chi connectivity index (χ3n) is 6.89. The molecule has 0 bridgehead atoms. The molecule has 1 aliphatic heterocycles. The average molecular weight is 464 g/mol. The molecule has 1 fully saturated rings. The number of hydrogen-bond donors (Lipinski definition) is 1. The Balaban J connectivity index is 1.53. The number of carbonyl (C=O) groups is 1. The van der Waals surface area contributed by atoms with Crippen LogP contribution in [0.4, 0.5) is 10.1 Å². The first-order valence-corrected chi connectivity index (χ1v) is 11.9. The smallest absolute Gasteiger partial charge is 0.252 e. The standard InChI is InChI=1S/C27H34FN5O/c1-6-24-17-33(10-9-31(24)4)25-8-7-18(2)26(14-25)27(34)30-19(3)20-11-21(13-23(28)12-20)22-15-29-32(5)16-22/h7-8,11-16,19,24H,6,9-10,17H2,1-5H3,(H,30,34)/t19-,24-/m1/s1. The van der Waals surface area contributed by atoms with Gasteiger partial charge in [0.2, 0.25) is 0 Å². The van der Waals surface area contributed by atoms with Gasteiger partial charge in [0.15, 0.2) is 0 Å². The molecule has 1 aromatic heterocycles. The normalized spacial score (nSPS) is 17.6. The molecule has 2 aromatic carbocycles. The molecule has 3 aromatic rings. The topological polar surface area (TPSA) is 53.4 Å². The number of hydrogen-bond acceptors (Lipinski definition) is 4. The summed E-state index contributed by atoms with van der Waals surface area (Å²) < 4.78 is 16.1. The molecule has 1 amide bonds. The van der Waals surface area contributed by atoms with Gasteiger partial charge in [-0.1, -0.05) is 13.0 Å². The molecule has 180 valence electrons. The first-order valence-electron chi connectivity index (χ1n) is 11.9. The van der Waals surface area contributed by atoms with E-state index in [1.165, 1.54) is 12.1 Å². The highest BCUT2D eigenvalue weighted by atomic mass is 19.1. The van der Waals surface area contributed by atoms with E-state index >= 15 is 0 Å². The zero-order valence-electron chi connectivity index (χ0n) is 20.7. The Morgan fingerprint density at radius 1 is 1.18 bits per heavy atom. The summed E-state index contributed by atoms with van der Waals surface area (Å²) in [5.74, 6) is -0.489. The van der Waals surface area contributed by atoms with Gasteiger partial charge >= 0.3 is 0 Å². The van der Waals surface area contributed by atoms with Gasteiger partial charge in [-0.15, -0.1) is 0 Å². The van der Waals surface area contributed by atoms with E-state index in [-0.39, 0.29) is 17.8 Å². The summed E-state index contributed by atoms with van der Waals surface area (Å²) in [5.41, 5.74) is 4.93. The van der Waals surface area contributed by atoms with Crippen molar-refractivity contribution in [3.63, 3.8) is 0 Å². The zero-order valence-corrected chi connectivity index (χ0v) is 20.7. The van der Waals surface area contributed by atoms with Crippen LogP contribution in [0.15, 0.2) is 48.8 Å². The van der Waals surface area contributed by atoms with E-state index in [0.717, 1.165) is 48.4 Å². The van der Waals surface area contributed by atoms with Gasteiger partial charge in [-0.2, -0.15) is 5.10 Å². The number of carbonyl (C=O) groups excluding carboxylic acids is 1. The molecular formula is C27H34FN5O. The van der Waals surface area contributed by atoms with E-state index in [2.05, 4.69) is 40.3 Å². The van der Waals surface area contributed by atoms with Crippen LogP contribution < -0.4 is 10.2 Å². The fourth-order valence-electron chi connectivity index (χ4n) is 4.63. The summed E-state index contributed by atoms with van der Waals surface area (Å²) in [6.07, 6.45) is 4.65. The summed E-state index contributed by atoms with van der Waals surface area (Å²) in [5, 5.41) is 7.24. The number of nitrogens with zero attached hydrogens (tertiary/aromatic N) is 4. The van der Waals surface area contributed by atoms with Gasteiger partial charge in [0, 0.05) is 55.7 Å². The van der Waals surface area contributed by atoms with Crippen molar-refractivity contribution in [2.75, 3.05) is 31.6 Å². The predicted octanol–water partition coefficient (Wildman–Crippen LogP) is 4.56. The second-order valence-electron chi connectivity index (χ2n) is 9.36. The van der Waals surface area contributed by atoms with Crippen molar-refractivity contribution in [1.29, 1.82) is 0 Å². The third-order valence-corrected chi connectivity index (χ3v) is 6.89. The molecule has 0 spiro atoms. The average Bonchev–Trinajstić information content (AvgIpc) is 3.25. The minimum atomic E-state index is -0.352. The van der Waals surface area contributed by atoms with Crippen molar-refractivity contribution in [3.8, 4) is 11.1 Å². The fourth-order valence-corrected chi connectivity index (χ4v) is 4.63. The van der Waals surface area contributed by atoms with Crippen LogP contribution in [0.25, 0.3) is 11.1 Å². The first kappa shape index (κ1) is 24.0. The van der Waals surface area contributed by atoms with Gasteiger partial charge in [-0.3, -0.25) is 14.4 Å². The van der Waals surface area contributed by atoms with E-state index in [0.29, 0.717) is 17.2 Å². The monoisotopic (exact) mass is 463 g/mol. The van der Waals surface area contributed by atoms with Gasteiger partial charge in [-0.25, -0.2) is 4.39 Å². The highest BCUT2D eigenvalue weighted by molar-refractivity contribution is 5.97. The molecule has 1 saturated heterocycles. The van der Waals surface area contributed by atoms with Crippen LogP contribution in [0.3, 0.4) is 0 Å². The quantitative estimate of drug-likeness (QED) is 0.583. The molecule has 7 heteroatoms. The van der Waals surface area contributed by atoms with E-state index in [1.54, 1.807) is 10.9 Å². The van der Waals surface area contributed by atoms with Crippen molar-refractivity contribution >= 4 is 11.6 Å². The lowest BCUT2D eigenvalue weighted by Crippen LogP contribution is -2.51. The Hall–Kier alpha value is -3.19. The van der Waals surface area contributed by atoms with E-state index < -0.39 is 0 Å². The lowest BCUT2D eigenvalue weighted by molar-refractivity contribution is 0.0939. The predicted molar refractivity (Wildman–Crippen MR) is 135 cm³/mol. The Kier molecular flexibility index (Phi) is 7.03. The summed E-state index contributed by atoms with van der Waals surface area (Å²) >= 11 is 0. The number of anilines is 1. The number of likely N-dealkylation sites (N-methyl/N-ethyl adjacent to an activating group) is 1. The Morgan fingerprint density at radius 3 is 2.68 bits per heavy atom. The van der Waals surface area contributed by atoms with Crippen LogP contribution in [-0.4, -0.2) is 53.3 Å². The number of piperazine rings is 1. The number of halogens is 1. The Bertz CT molecular complexity index is 1170. The van der Waals surface area contributed by atoms with Crippen molar-refractivity contribution in [2.24, 2.45) is 7.05 Å². The molecule has 2 heterocycles. The molecule has 0 unspecified atom stereocenters. The van der Waals surface area contributed by atoms with Crippen LogP contribution in [0.2, 0.25) is 0 Å². The van der Waals surface area contributed by atoms with Crippen molar-refractivity contribution in [3.05, 3.63) is 71.3 Å². The fraction of sp³-hybridized carbons (Fsp3) is 0.407. The molecular weight excluding hydrogens is 429 g/mol. The van der Waals surface area contributed by atoms with E-state index in [4.69, 9.17) is 0 Å². The van der Waals surface area contributed by atoms with Crippen LogP contribution in [0.5, 0.6) is 0 Å². The minimum absolute atomic E-state index is 0.153. The van der Waals surface area contributed by atoms with Gasteiger partial charge in [0.05, 0.1) is 12.2 Å². The van der Waals surface area contributed by atoms with Gasteiger partial charge in [-0.05, 0) is 74.3 Å². The second kappa shape index (κ2) is 9.97. The van der Waals surface area contributed by atoms with Crippen LogP contribution in [0, 0.1) is 12.7 Å². The van der Waals surface area contributed by atoms with E-state index in [1.807, 2.05) is 45.3 Å². The third kappa shape index (κ3) is 5.14. The first-order chi connectivity index (χ1) is 16.2. The molecule has 0 radical (unpaired) electrons. The van der Waals surface area contributed by atoms with Crippen LogP contribution in [0.1, 0.15) is 47.8 Å². The van der Waals surface area contributed by atoms with Gasteiger partial charge < -0.3 is 10.2 Å². The summed E-state index contributed by atoms with van der Waals surface area (Å²) in [4.78, 5) is 18.0. The van der Waals surface area contributed by atoms with Crippen molar-refractivity contribution < 1.29 is 9.18 Å². The molecule has 1 N–H and O–H groups in total. The maximum absolute atomic E-state index is 14.4. The number of amides is 1. The van der Waals surface area contributed by atoms with E-state index in [9.17, 15) is 9.18 Å². The molecule has 0 saturated carbocycles. The Labute approximate surface area is 201 Å². The lowest BCUT2D eigenvalue weighted by Gasteiger charge is -2.40. The zero-order chi connectivity index (χ0) is 24.4. The number of aryl methyl sites for hydroxylation is 2. The molecule has 34 heavy (non-hydrogen) atoms. The molecule has 2 atom stereocenters. The molecule has 0 aliphatic carbocycles. The second-order valence-corrected chi connectivity index (χ2v) is 9.36. The maximum Gasteiger partial charge on any atom is 0.252 e. The van der Waals surface area contributed by atoms with Gasteiger partial charge in [0.25, 0.3) is 5.91 Å². The summed E-state index contributed by atoms with van der Waals surface area (Å²) in [6.45, 7) is 8.94. The highest BCUT2D eigenvalue weighted by Crippen LogP contribution is 2.26.